The summed E-state index contributed by atoms with van der Waals surface area (Å²) in [6, 6.07) is 7.00. The molecule has 1 amide bonds. The number of amides is 1. The summed E-state index contributed by atoms with van der Waals surface area (Å²) in [7, 11) is -1.78. The molecule has 3 atom stereocenters. The van der Waals surface area contributed by atoms with Crippen molar-refractivity contribution < 1.29 is 13.2 Å². The van der Waals surface area contributed by atoms with Crippen molar-refractivity contribution in [3.8, 4) is 0 Å². The van der Waals surface area contributed by atoms with Gasteiger partial charge in [0.2, 0.25) is 10.0 Å². The molecule has 3 rings (SSSR count). The normalized spacial score (nSPS) is 26.9. The summed E-state index contributed by atoms with van der Waals surface area (Å²) in [5, 5.41) is 3.13. The van der Waals surface area contributed by atoms with Gasteiger partial charge in [0, 0.05) is 18.7 Å². The molecule has 0 saturated heterocycles. The Labute approximate surface area is 131 Å². The Balaban J connectivity index is 1.66. The molecule has 0 heterocycles. The molecule has 0 radical (unpaired) electrons. The monoisotopic (exact) mass is 322 g/mol. The minimum absolute atomic E-state index is 0.0638. The molecule has 2 fully saturated rings. The largest absolute Gasteiger partial charge is 0.349 e. The van der Waals surface area contributed by atoms with Crippen molar-refractivity contribution in [2.24, 2.45) is 11.8 Å². The maximum Gasteiger partial charge on any atom is 0.251 e. The predicted octanol–water partition coefficient (Wildman–Crippen LogP) is 2.00. The molecular weight excluding hydrogens is 300 g/mol. The van der Waals surface area contributed by atoms with Crippen LogP contribution in [0.3, 0.4) is 0 Å². The lowest BCUT2D eigenvalue weighted by Crippen LogP contribution is -2.38. The first-order valence-corrected chi connectivity index (χ1v) is 9.54. The molecule has 2 saturated carbocycles. The molecule has 0 aliphatic heterocycles. The van der Waals surface area contributed by atoms with Crippen LogP contribution in [-0.4, -0.2) is 33.7 Å². The van der Waals surface area contributed by atoms with Crippen LogP contribution in [0.25, 0.3) is 0 Å². The lowest BCUT2D eigenvalue weighted by Gasteiger charge is -2.23. The highest BCUT2D eigenvalue weighted by Gasteiger charge is 2.40. The standard InChI is InChI=1S/C16H22N2O3S/c1-18(22(2,20)21)14-7-5-12(6-8-14)16(19)17-15-10-11-3-4-13(15)9-11/h5-8,11,13,15H,3-4,9-10H2,1-2H3,(H,17,19)/t11-,13+,15-/m1/s1. The van der Waals surface area contributed by atoms with Gasteiger partial charge < -0.3 is 5.32 Å². The number of nitrogens with one attached hydrogen (secondary N) is 1. The minimum atomic E-state index is -3.28. The minimum Gasteiger partial charge on any atom is -0.349 e. The number of nitrogens with zero attached hydrogens (tertiary/aromatic N) is 1. The van der Waals surface area contributed by atoms with Gasteiger partial charge in [0.05, 0.1) is 11.9 Å². The van der Waals surface area contributed by atoms with Crippen LogP contribution < -0.4 is 9.62 Å². The fourth-order valence-electron chi connectivity index (χ4n) is 3.69. The van der Waals surface area contributed by atoms with Gasteiger partial charge in [0.1, 0.15) is 0 Å². The van der Waals surface area contributed by atoms with Crippen molar-refractivity contribution in [2.45, 2.75) is 31.7 Å². The Morgan fingerprint density at radius 1 is 1.18 bits per heavy atom. The van der Waals surface area contributed by atoms with E-state index >= 15 is 0 Å². The number of carbonyl (C=O) groups excluding carboxylic acids is 1. The lowest BCUT2D eigenvalue weighted by atomic mass is 9.95. The third-order valence-corrected chi connectivity index (χ3v) is 6.25. The number of carbonyl (C=O) groups is 1. The molecule has 1 aromatic rings. The quantitative estimate of drug-likeness (QED) is 0.922. The van der Waals surface area contributed by atoms with Gasteiger partial charge in [-0.3, -0.25) is 9.10 Å². The fraction of sp³-hybridized carbons (Fsp3) is 0.562. The zero-order valence-corrected chi connectivity index (χ0v) is 13.8. The second kappa shape index (κ2) is 5.57. The van der Waals surface area contributed by atoms with Crippen molar-refractivity contribution in [1.82, 2.24) is 5.32 Å². The first-order chi connectivity index (χ1) is 10.3. The van der Waals surface area contributed by atoms with Crippen LogP contribution in [0, 0.1) is 11.8 Å². The van der Waals surface area contributed by atoms with E-state index in [4.69, 9.17) is 0 Å². The van der Waals surface area contributed by atoms with E-state index in [-0.39, 0.29) is 5.91 Å². The smallest absolute Gasteiger partial charge is 0.251 e. The van der Waals surface area contributed by atoms with Gasteiger partial charge in [-0.2, -0.15) is 0 Å². The number of fused-ring (bicyclic) bond motifs is 2. The molecule has 5 nitrogen and oxygen atoms in total. The third kappa shape index (κ3) is 2.97. The summed E-state index contributed by atoms with van der Waals surface area (Å²) in [6.45, 7) is 0. The zero-order chi connectivity index (χ0) is 15.9. The first-order valence-electron chi connectivity index (χ1n) is 7.69. The highest BCUT2D eigenvalue weighted by atomic mass is 32.2. The van der Waals surface area contributed by atoms with E-state index < -0.39 is 10.0 Å². The Bertz CT molecular complexity index is 669. The van der Waals surface area contributed by atoms with Crippen LogP contribution in [0.5, 0.6) is 0 Å². The molecule has 6 heteroatoms. The number of hydrogen-bond acceptors (Lipinski definition) is 3. The summed E-state index contributed by atoms with van der Waals surface area (Å²) in [5.41, 5.74) is 1.13. The van der Waals surface area contributed by atoms with E-state index in [1.54, 1.807) is 24.3 Å². The van der Waals surface area contributed by atoms with E-state index in [0.29, 0.717) is 23.2 Å². The average molecular weight is 322 g/mol. The van der Waals surface area contributed by atoms with Crippen LogP contribution in [-0.2, 0) is 10.0 Å². The van der Waals surface area contributed by atoms with Gasteiger partial charge in [0.15, 0.2) is 0 Å². The van der Waals surface area contributed by atoms with Crippen molar-refractivity contribution in [3.63, 3.8) is 0 Å². The second-order valence-corrected chi connectivity index (χ2v) is 8.55. The van der Waals surface area contributed by atoms with Gasteiger partial charge in [-0.25, -0.2) is 8.42 Å². The Morgan fingerprint density at radius 2 is 1.86 bits per heavy atom. The van der Waals surface area contributed by atoms with E-state index in [1.165, 1.54) is 30.6 Å². The third-order valence-electron chi connectivity index (χ3n) is 5.05. The zero-order valence-electron chi connectivity index (χ0n) is 13.0. The summed E-state index contributed by atoms with van der Waals surface area (Å²) >= 11 is 0. The van der Waals surface area contributed by atoms with E-state index in [9.17, 15) is 13.2 Å². The Morgan fingerprint density at radius 3 is 2.36 bits per heavy atom. The molecule has 0 spiro atoms. The van der Waals surface area contributed by atoms with Crippen LogP contribution in [0.1, 0.15) is 36.0 Å². The van der Waals surface area contributed by atoms with Crippen LogP contribution >= 0.6 is 0 Å². The molecule has 1 aromatic carbocycles. The lowest BCUT2D eigenvalue weighted by molar-refractivity contribution is 0.0923. The van der Waals surface area contributed by atoms with Crippen molar-refractivity contribution in [2.75, 3.05) is 17.6 Å². The highest BCUT2D eigenvalue weighted by molar-refractivity contribution is 7.92. The van der Waals surface area contributed by atoms with Gasteiger partial charge in [-0.15, -0.1) is 0 Å². The van der Waals surface area contributed by atoms with Gasteiger partial charge in [-0.05, 0) is 55.4 Å². The first kappa shape index (κ1) is 15.3. The van der Waals surface area contributed by atoms with Crippen LogP contribution in [0.2, 0.25) is 0 Å². The van der Waals surface area contributed by atoms with Gasteiger partial charge in [0.25, 0.3) is 5.91 Å². The SMILES string of the molecule is CN(c1ccc(C(=O)N[C@@H]2C[C@@H]3CC[C@H]2C3)cc1)S(C)(=O)=O. The summed E-state index contributed by atoms with van der Waals surface area (Å²) in [4.78, 5) is 12.3. The molecule has 2 aliphatic carbocycles. The van der Waals surface area contributed by atoms with Crippen molar-refractivity contribution in [1.29, 1.82) is 0 Å². The number of hydrogen-bond donors (Lipinski definition) is 1. The maximum atomic E-state index is 12.3. The van der Waals surface area contributed by atoms with Gasteiger partial charge in [-0.1, -0.05) is 6.42 Å². The molecule has 1 N–H and O–H groups in total. The summed E-state index contributed by atoms with van der Waals surface area (Å²) in [6.07, 6.45) is 6.05. The molecule has 2 aliphatic rings. The fourth-order valence-corrected chi connectivity index (χ4v) is 4.19. The van der Waals surface area contributed by atoms with Crippen LogP contribution in [0.4, 0.5) is 5.69 Å². The Hall–Kier alpha value is -1.56. The highest BCUT2D eigenvalue weighted by Crippen LogP contribution is 2.44. The number of anilines is 1. The number of sulfonamides is 1. The topological polar surface area (TPSA) is 66.5 Å². The number of benzene rings is 1. The maximum absolute atomic E-state index is 12.3. The van der Waals surface area contributed by atoms with Crippen molar-refractivity contribution >= 4 is 21.6 Å². The molecule has 0 unspecified atom stereocenters. The molecule has 0 aromatic heterocycles. The number of rotatable bonds is 4. The van der Waals surface area contributed by atoms with Gasteiger partial charge >= 0.3 is 0 Å². The molecular formula is C16H22N2O3S. The molecule has 120 valence electrons. The van der Waals surface area contributed by atoms with E-state index in [2.05, 4.69) is 5.32 Å². The summed E-state index contributed by atoms with van der Waals surface area (Å²) in [5.74, 6) is 1.37. The average Bonchev–Trinajstić information content (AvgIpc) is 3.08. The summed E-state index contributed by atoms with van der Waals surface area (Å²) < 4.78 is 24.2. The van der Waals surface area contributed by atoms with E-state index in [1.807, 2.05) is 0 Å². The Kier molecular flexibility index (Phi) is 3.89. The second-order valence-electron chi connectivity index (χ2n) is 6.53. The molecule has 22 heavy (non-hydrogen) atoms. The van der Waals surface area contributed by atoms with Crippen LogP contribution in [0.15, 0.2) is 24.3 Å². The van der Waals surface area contributed by atoms with Crippen molar-refractivity contribution in [3.05, 3.63) is 29.8 Å². The van der Waals surface area contributed by atoms with E-state index in [0.717, 1.165) is 18.6 Å². The molecule has 2 bridgehead atoms. The predicted molar refractivity (Wildman–Crippen MR) is 86.4 cm³/mol.